The van der Waals surface area contributed by atoms with Crippen molar-refractivity contribution >= 4 is 13.7 Å². The lowest BCUT2D eigenvalue weighted by molar-refractivity contribution is -0.200. The van der Waals surface area contributed by atoms with Gasteiger partial charge >= 0.3 is 19.9 Å². The molecule has 0 radical (unpaired) electrons. The molecular formula is C18H23F3NO5P. The molecule has 0 saturated carbocycles. The highest BCUT2D eigenvalue weighted by Crippen LogP contribution is 2.67. The molecule has 0 N–H and O–H groups in total. The van der Waals surface area contributed by atoms with Crippen LogP contribution in [-0.2, 0) is 25.0 Å². The van der Waals surface area contributed by atoms with Crippen molar-refractivity contribution < 1.29 is 36.3 Å². The molecule has 156 valence electrons. The van der Waals surface area contributed by atoms with Crippen LogP contribution < -0.4 is 0 Å². The highest BCUT2D eigenvalue weighted by Gasteiger charge is 2.71. The van der Waals surface area contributed by atoms with E-state index in [1.54, 1.807) is 30.3 Å². The number of hydrogen-bond acceptors (Lipinski definition) is 5. The van der Waals surface area contributed by atoms with Gasteiger partial charge in [-0.3, -0.25) is 9.46 Å². The average Bonchev–Trinajstić information content (AvgIpc) is 2.68. The summed E-state index contributed by atoms with van der Waals surface area (Å²) in [7, 11) is -3.29. The summed E-state index contributed by atoms with van der Waals surface area (Å²) in [4.78, 5) is 12.9. The zero-order valence-corrected chi connectivity index (χ0v) is 16.5. The maximum atomic E-state index is 14.3. The van der Waals surface area contributed by atoms with Crippen molar-refractivity contribution in [2.45, 2.75) is 24.5 Å². The van der Waals surface area contributed by atoms with Gasteiger partial charge in [0.2, 0.25) is 5.28 Å². The van der Waals surface area contributed by atoms with Crippen molar-refractivity contribution in [1.29, 1.82) is 0 Å². The Hall–Kier alpha value is -2.09. The summed E-state index contributed by atoms with van der Waals surface area (Å²) in [5.41, 5.74) is 0.567. The van der Waals surface area contributed by atoms with E-state index < -0.39 is 38.1 Å². The summed E-state index contributed by atoms with van der Waals surface area (Å²) in [6, 6.07) is 8.39. The molecule has 0 aliphatic carbocycles. The van der Waals surface area contributed by atoms with E-state index in [1.807, 2.05) is 0 Å². The molecule has 0 aliphatic rings. The third-order valence-corrected chi connectivity index (χ3v) is 6.55. The highest BCUT2D eigenvalue weighted by molar-refractivity contribution is 7.55. The van der Waals surface area contributed by atoms with E-state index in [2.05, 4.69) is 22.2 Å². The molecule has 1 aromatic rings. The van der Waals surface area contributed by atoms with Crippen LogP contribution in [0.3, 0.4) is 0 Å². The molecule has 28 heavy (non-hydrogen) atoms. The number of carbonyl (C=O) groups excluding carboxylic acids is 1. The Morgan fingerprint density at radius 3 is 2.14 bits per heavy atom. The van der Waals surface area contributed by atoms with Crippen molar-refractivity contribution in [1.82, 2.24) is 4.90 Å². The van der Waals surface area contributed by atoms with Crippen LogP contribution in [0.1, 0.15) is 12.0 Å². The van der Waals surface area contributed by atoms with E-state index in [1.165, 1.54) is 0 Å². The fourth-order valence-electron chi connectivity index (χ4n) is 2.67. The Labute approximate surface area is 162 Å². The molecule has 1 atom stereocenters. The number of amides is 1. The topological polar surface area (TPSA) is 65.1 Å². The number of ether oxygens (including phenoxy) is 1. The maximum absolute atomic E-state index is 14.3. The van der Waals surface area contributed by atoms with Gasteiger partial charge in [-0.2, -0.15) is 13.2 Å². The number of benzene rings is 1. The van der Waals surface area contributed by atoms with Gasteiger partial charge < -0.3 is 13.8 Å². The van der Waals surface area contributed by atoms with Crippen LogP contribution in [0.5, 0.6) is 0 Å². The minimum Gasteiger partial charge on any atom is -0.445 e. The zero-order chi connectivity index (χ0) is 21.4. The van der Waals surface area contributed by atoms with Gasteiger partial charge in [0.15, 0.2) is 0 Å². The van der Waals surface area contributed by atoms with Crippen LogP contribution in [0, 0.1) is 0 Å². The number of nitrogens with zero attached hydrogens (tertiary/aromatic N) is 1. The molecule has 1 unspecified atom stereocenters. The highest BCUT2D eigenvalue weighted by atomic mass is 31.2. The van der Waals surface area contributed by atoms with Gasteiger partial charge in [-0.05, 0) is 5.56 Å². The first-order valence-electron chi connectivity index (χ1n) is 8.12. The van der Waals surface area contributed by atoms with Gasteiger partial charge in [0.1, 0.15) is 6.61 Å². The number of hydrogen-bond donors (Lipinski definition) is 0. The molecule has 0 heterocycles. The van der Waals surface area contributed by atoms with E-state index in [0.29, 0.717) is 5.56 Å². The number of alkyl halides is 3. The first-order valence-corrected chi connectivity index (χ1v) is 9.66. The molecule has 0 aromatic heterocycles. The van der Waals surface area contributed by atoms with Crippen LogP contribution in [0.4, 0.5) is 18.0 Å². The van der Waals surface area contributed by atoms with Crippen LogP contribution >= 0.6 is 7.60 Å². The summed E-state index contributed by atoms with van der Waals surface area (Å²) in [6.45, 7) is 5.78. The third kappa shape index (κ3) is 4.66. The van der Waals surface area contributed by atoms with E-state index >= 15 is 0 Å². The molecule has 0 aliphatic heterocycles. The predicted molar refractivity (Wildman–Crippen MR) is 98.8 cm³/mol. The fraction of sp³-hybridized carbons (Fsp3) is 0.389. The SMILES string of the molecule is C=CCN(C(=O)OCc1ccccc1)C(CC=C)(C(F)(F)F)P(=O)(OC)OC. The van der Waals surface area contributed by atoms with Crippen molar-refractivity contribution in [3.63, 3.8) is 0 Å². The van der Waals surface area contributed by atoms with E-state index in [9.17, 15) is 22.5 Å². The molecule has 0 fully saturated rings. The Bertz CT molecular complexity index is 718. The Morgan fingerprint density at radius 2 is 1.71 bits per heavy atom. The van der Waals surface area contributed by atoms with Crippen LogP contribution in [0.25, 0.3) is 0 Å². The smallest absolute Gasteiger partial charge is 0.423 e. The normalized spacial score (nSPS) is 14.0. The summed E-state index contributed by atoms with van der Waals surface area (Å²) < 4.78 is 70.2. The first-order chi connectivity index (χ1) is 13.1. The monoisotopic (exact) mass is 421 g/mol. The number of rotatable bonds is 10. The van der Waals surface area contributed by atoms with Gasteiger partial charge in [0, 0.05) is 27.2 Å². The maximum Gasteiger partial charge on any atom is 0.423 e. The van der Waals surface area contributed by atoms with Crippen LogP contribution in [-0.4, -0.2) is 43.2 Å². The second-order valence-corrected chi connectivity index (χ2v) is 8.07. The molecule has 0 bridgehead atoms. The largest absolute Gasteiger partial charge is 0.445 e. The van der Waals surface area contributed by atoms with Crippen molar-refractivity contribution in [3.05, 3.63) is 61.2 Å². The lowest BCUT2D eigenvalue weighted by Gasteiger charge is -2.45. The second kappa shape index (κ2) is 9.91. The van der Waals surface area contributed by atoms with Crippen LogP contribution in [0.15, 0.2) is 55.6 Å². The molecule has 1 amide bonds. The molecular weight excluding hydrogens is 398 g/mol. The van der Waals surface area contributed by atoms with E-state index in [-0.39, 0.29) is 11.5 Å². The Kier molecular flexibility index (Phi) is 8.48. The molecule has 10 heteroatoms. The summed E-state index contributed by atoms with van der Waals surface area (Å²) in [5, 5.41) is -3.34. The van der Waals surface area contributed by atoms with Gasteiger partial charge in [0.05, 0.1) is 0 Å². The fourth-order valence-corrected chi connectivity index (χ4v) is 4.55. The molecule has 0 spiro atoms. The van der Waals surface area contributed by atoms with E-state index in [4.69, 9.17) is 4.74 Å². The lowest BCUT2D eigenvalue weighted by Crippen LogP contribution is -2.60. The molecule has 0 saturated heterocycles. The second-order valence-electron chi connectivity index (χ2n) is 5.61. The van der Waals surface area contributed by atoms with Gasteiger partial charge in [-0.15, -0.1) is 13.2 Å². The third-order valence-electron chi connectivity index (χ3n) is 4.00. The van der Waals surface area contributed by atoms with Crippen molar-refractivity contribution in [2.24, 2.45) is 0 Å². The standard InChI is InChI=1S/C18H23F3NO5P/c1-5-12-17(18(19,20)21,28(24,25-3)26-4)22(13-6-2)16(23)27-14-15-10-8-7-9-11-15/h5-11H,1-2,12-14H2,3-4H3. The molecule has 1 aromatic carbocycles. The number of carbonyl (C=O) groups is 1. The zero-order valence-electron chi connectivity index (χ0n) is 15.6. The minimum atomic E-state index is -5.20. The van der Waals surface area contributed by atoms with E-state index in [0.717, 1.165) is 26.4 Å². The van der Waals surface area contributed by atoms with Crippen molar-refractivity contribution in [2.75, 3.05) is 20.8 Å². The quantitative estimate of drug-likeness (QED) is 0.387. The Morgan fingerprint density at radius 1 is 1.14 bits per heavy atom. The lowest BCUT2D eigenvalue weighted by atomic mass is 10.1. The first kappa shape index (κ1) is 23.9. The summed E-state index contributed by atoms with van der Waals surface area (Å²) in [5.74, 6) is 0. The van der Waals surface area contributed by atoms with Gasteiger partial charge in [-0.25, -0.2) is 4.79 Å². The van der Waals surface area contributed by atoms with Gasteiger partial charge in [-0.1, -0.05) is 42.5 Å². The molecule has 1 rings (SSSR count). The number of halogens is 3. The van der Waals surface area contributed by atoms with Gasteiger partial charge in [0.25, 0.3) is 0 Å². The molecule has 6 nitrogen and oxygen atoms in total. The summed E-state index contributed by atoms with van der Waals surface area (Å²) >= 11 is 0. The average molecular weight is 421 g/mol. The summed E-state index contributed by atoms with van der Waals surface area (Å²) in [6.07, 6.45) is -5.54. The minimum absolute atomic E-state index is 0.262. The Balaban J connectivity index is 3.45. The van der Waals surface area contributed by atoms with Crippen molar-refractivity contribution in [3.8, 4) is 0 Å². The van der Waals surface area contributed by atoms with Crippen LogP contribution in [0.2, 0.25) is 0 Å². The predicted octanol–water partition coefficient (Wildman–Crippen LogP) is 5.13.